The summed E-state index contributed by atoms with van der Waals surface area (Å²) in [5.74, 6) is -0.802. The molecule has 2 aromatic carbocycles. The van der Waals surface area contributed by atoms with Crippen LogP contribution >= 0.6 is 0 Å². The van der Waals surface area contributed by atoms with Crippen LogP contribution in [-0.4, -0.2) is 35.5 Å². The minimum Gasteiger partial charge on any atom is -0.452 e. The van der Waals surface area contributed by atoms with Crippen molar-refractivity contribution >= 4 is 28.4 Å². The lowest BCUT2D eigenvalue weighted by atomic mass is 10.2. The Morgan fingerprint density at radius 1 is 1.12 bits per heavy atom. The van der Waals surface area contributed by atoms with Gasteiger partial charge in [0.15, 0.2) is 6.61 Å². The van der Waals surface area contributed by atoms with Gasteiger partial charge in [-0.2, -0.15) is 0 Å². The summed E-state index contributed by atoms with van der Waals surface area (Å²) >= 11 is 0. The number of esters is 1. The van der Waals surface area contributed by atoms with Gasteiger partial charge in [0.25, 0.3) is 5.91 Å². The van der Waals surface area contributed by atoms with Crippen molar-refractivity contribution in [3.8, 4) is 0 Å². The van der Waals surface area contributed by atoms with Gasteiger partial charge in [-0.3, -0.25) is 9.00 Å². The van der Waals surface area contributed by atoms with Crippen molar-refractivity contribution in [1.82, 2.24) is 0 Å². The number of benzene rings is 2. The molecule has 0 spiro atoms. The molecule has 1 aliphatic rings. The lowest BCUT2D eigenvalue weighted by molar-refractivity contribution is -0.121. The molecule has 1 unspecified atom stereocenters. The summed E-state index contributed by atoms with van der Waals surface area (Å²) in [6.45, 7) is 0.307. The second kappa shape index (κ2) is 6.97. The minimum absolute atomic E-state index is 0.236. The van der Waals surface area contributed by atoms with Crippen molar-refractivity contribution in [2.45, 2.75) is 11.3 Å². The van der Waals surface area contributed by atoms with E-state index in [-0.39, 0.29) is 12.5 Å². The van der Waals surface area contributed by atoms with Gasteiger partial charge < -0.3 is 9.64 Å². The van der Waals surface area contributed by atoms with Gasteiger partial charge in [-0.1, -0.05) is 18.2 Å². The molecule has 3 rings (SSSR count). The van der Waals surface area contributed by atoms with E-state index in [1.54, 1.807) is 35.4 Å². The number of hydrogen-bond acceptors (Lipinski definition) is 4. The molecular formula is C18H17NO4S. The van der Waals surface area contributed by atoms with Gasteiger partial charge in [-0.15, -0.1) is 0 Å². The Morgan fingerprint density at radius 2 is 1.83 bits per heavy atom. The molecule has 0 aliphatic carbocycles. The lowest BCUT2D eigenvalue weighted by Crippen LogP contribution is -2.33. The van der Waals surface area contributed by atoms with E-state index in [9.17, 15) is 13.8 Å². The Labute approximate surface area is 142 Å². The maximum absolute atomic E-state index is 12.3. The van der Waals surface area contributed by atoms with E-state index in [0.29, 0.717) is 17.0 Å². The highest BCUT2D eigenvalue weighted by molar-refractivity contribution is 7.84. The van der Waals surface area contributed by atoms with Crippen LogP contribution in [0.2, 0.25) is 0 Å². The maximum Gasteiger partial charge on any atom is 0.338 e. The Kier molecular flexibility index (Phi) is 4.76. The number of fused-ring (bicyclic) bond motifs is 1. The van der Waals surface area contributed by atoms with E-state index in [0.717, 1.165) is 17.7 Å². The van der Waals surface area contributed by atoms with Gasteiger partial charge in [0, 0.05) is 34.2 Å². The lowest BCUT2D eigenvalue weighted by Gasteiger charge is -2.17. The first-order chi connectivity index (χ1) is 11.6. The first-order valence-electron chi connectivity index (χ1n) is 7.55. The van der Waals surface area contributed by atoms with Gasteiger partial charge in [0.05, 0.1) is 5.56 Å². The zero-order valence-electron chi connectivity index (χ0n) is 13.2. The van der Waals surface area contributed by atoms with E-state index in [1.165, 1.54) is 0 Å². The number of rotatable bonds is 4. The molecule has 1 aliphatic heterocycles. The van der Waals surface area contributed by atoms with E-state index >= 15 is 0 Å². The number of para-hydroxylation sites is 1. The molecule has 0 saturated carbocycles. The zero-order valence-corrected chi connectivity index (χ0v) is 14.0. The average Bonchev–Trinajstić information content (AvgIpc) is 3.03. The van der Waals surface area contributed by atoms with E-state index < -0.39 is 16.8 Å². The van der Waals surface area contributed by atoms with Crippen LogP contribution in [-0.2, 0) is 26.8 Å². The molecule has 1 atom stereocenters. The van der Waals surface area contributed by atoms with Crippen LogP contribution in [0.4, 0.5) is 5.69 Å². The molecule has 0 radical (unpaired) electrons. The fourth-order valence-electron chi connectivity index (χ4n) is 2.67. The summed E-state index contributed by atoms with van der Waals surface area (Å²) in [4.78, 5) is 26.6. The second-order valence-corrected chi connectivity index (χ2v) is 6.86. The molecule has 0 aromatic heterocycles. The number of nitrogens with zero attached hydrogens (tertiary/aromatic N) is 1. The van der Waals surface area contributed by atoms with Crippen molar-refractivity contribution < 1.29 is 18.5 Å². The standard InChI is InChI=1S/C18H17NO4S/c1-24(22)15-8-6-14(7-9-15)18(21)23-12-17(20)19-11-10-13-4-2-3-5-16(13)19/h2-9H,10-12H2,1H3. The SMILES string of the molecule is CS(=O)c1ccc(C(=O)OCC(=O)N2CCc3ccccc32)cc1. The number of ether oxygens (including phenoxy) is 1. The van der Waals surface area contributed by atoms with E-state index in [1.807, 2.05) is 24.3 Å². The van der Waals surface area contributed by atoms with Crippen LogP contribution in [0.3, 0.4) is 0 Å². The smallest absolute Gasteiger partial charge is 0.338 e. The molecular weight excluding hydrogens is 326 g/mol. The summed E-state index contributed by atoms with van der Waals surface area (Å²) in [5.41, 5.74) is 2.34. The van der Waals surface area contributed by atoms with Gasteiger partial charge in [0.1, 0.15) is 0 Å². The highest BCUT2D eigenvalue weighted by atomic mass is 32.2. The van der Waals surface area contributed by atoms with Gasteiger partial charge in [0.2, 0.25) is 0 Å². The Hall–Kier alpha value is -2.47. The van der Waals surface area contributed by atoms with Crippen LogP contribution in [0.25, 0.3) is 0 Å². The molecule has 5 nitrogen and oxygen atoms in total. The molecule has 0 N–H and O–H groups in total. The Bertz CT molecular complexity index is 801. The summed E-state index contributed by atoms with van der Waals surface area (Å²) in [6.07, 6.45) is 2.38. The van der Waals surface area contributed by atoms with E-state index in [2.05, 4.69) is 0 Å². The third-order valence-electron chi connectivity index (χ3n) is 3.94. The minimum atomic E-state index is -1.10. The predicted molar refractivity (Wildman–Crippen MR) is 91.6 cm³/mol. The first kappa shape index (κ1) is 16.4. The van der Waals surface area contributed by atoms with Crippen LogP contribution < -0.4 is 4.90 Å². The van der Waals surface area contributed by atoms with Crippen LogP contribution in [0.5, 0.6) is 0 Å². The van der Waals surface area contributed by atoms with Crippen LogP contribution in [0.1, 0.15) is 15.9 Å². The van der Waals surface area contributed by atoms with Gasteiger partial charge in [-0.05, 0) is 42.3 Å². The number of carbonyl (C=O) groups is 2. The maximum atomic E-state index is 12.3. The number of carbonyl (C=O) groups excluding carboxylic acids is 2. The first-order valence-corrected chi connectivity index (χ1v) is 9.11. The fourth-order valence-corrected chi connectivity index (χ4v) is 3.19. The molecule has 124 valence electrons. The third-order valence-corrected chi connectivity index (χ3v) is 4.87. The van der Waals surface area contributed by atoms with Crippen molar-refractivity contribution in [2.24, 2.45) is 0 Å². The van der Waals surface area contributed by atoms with Crippen molar-refractivity contribution in [2.75, 3.05) is 24.3 Å². The second-order valence-electron chi connectivity index (χ2n) is 5.48. The van der Waals surface area contributed by atoms with Crippen molar-refractivity contribution in [1.29, 1.82) is 0 Å². The van der Waals surface area contributed by atoms with Gasteiger partial charge >= 0.3 is 5.97 Å². The normalized spacial score (nSPS) is 14.1. The molecule has 1 amide bonds. The summed E-state index contributed by atoms with van der Waals surface area (Å²) in [6, 6.07) is 14.1. The van der Waals surface area contributed by atoms with E-state index in [4.69, 9.17) is 4.74 Å². The molecule has 0 bridgehead atoms. The summed E-state index contributed by atoms with van der Waals surface area (Å²) in [7, 11) is -1.10. The molecule has 2 aromatic rings. The third kappa shape index (κ3) is 3.38. The predicted octanol–water partition coefficient (Wildman–Crippen LogP) is 2.17. The fraction of sp³-hybridized carbons (Fsp3) is 0.222. The number of hydrogen-bond donors (Lipinski definition) is 0. The largest absolute Gasteiger partial charge is 0.452 e. The summed E-state index contributed by atoms with van der Waals surface area (Å²) in [5, 5.41) is 0. The highest BCUT2D eigenvalue weighted by Crippen LogP contribution is 2.27. The zero-order chi connectivity index (χ0) is 17.1. The summed E-state index contributed by atoms with van der Waals surface area (Å²) < 4.78 is 16.4. The van der Waals surface area contributed by atoms with Crippen LogP contribution in [0, 0.1) is 0 Å². The highest BCUT2D eigenvalue weighted by Gasteiger charge is 2.25. The van der Waals surface area contributed by atoms with Gasteiger partial charge in [-0.25, -0.2) is 4.79 Å². The molecule has 1 heterocycles. The molecule has 6 heteroatoms. The molecule has 0 fully saturated rings. The Morgan fingerprint density at radius 3 is 2.54 bits per heavy atom. The molecule has 0 saturated heterocycles. The van der Waals surface area contributed by atoms with Crippen molar-refractivity contribution in [3.63, 3.8) is 0 Å². The Balaban J connectivity index is 1.60. The number of anilines is 1. The number of amides is 1. The average molecular weight is 343 g/mol. The topological polar surface area (TPSA) is 63.7 Å². The quantitative estimate of drug-likeness (QED) is 0.798. The van der Waals surface area contributed by atoms with Crippen molar-refractivity contribution in [3.05, 3.63) is 59.7 Å². The molecule has 24 heavy (non-hydrogen) atoms. The van der Waals surface area contributed by atoms with Crippen LogP contribution in [0.15, 0.2) is 53.4 Å². The monoisotopic (exact) mass is 343 g/mol.